The smallest absolute Gasteiger partial charge is 0.252 e. The van der Waals surface area contributed by atoms with Gasteiger partial charge in [0.25, 0.3) is 5.56 Å². The number of rotatable bonds is 8. The first-order chi connectivity index (χ1) is 12.0. The van der Waals surface area contributed by atoms with E-state index < -0.39 is 0 Å². The van der Waals surface area contributed by atoms with Crippen LogP contribution in [0, 0.1) is 12.8 Å². The topological polar surface area (TPSA) is 88.6 Å². The van der Waals surface area contributed by atoms with Crippen LogP contribution in [0.25, 0.3) is 0 Å². The van der Waals surface area contributed by atoms with Crippen LogP contribution >= 0.6 is 0 Å². The Morgan fingerprint density at radius 1 is 1.32 bits per heavy atom. The minimum absolute atomic E-state index is 0.227. The fourth-order valence-corrected chi connectivity index (χ4v) is 2.09. The number of benzene rings is 1. The second-order valence-electron chi connectivity index (χ2n) is 6.05. The molecule has 0 spiro atoms. The second kappa shape index (κ2) is 8.86. The van der Waals surface area contributed by atoms with E-state index in [1.165, 1.54) is 6.07 Å². The van der Waals surface area contributed by atoms with E-state index in [4.69, 9.17) is 9.47 Å². The first-order valence-electron chi connectivity index (χ1n) is 8.16. The number of nitrogens with one attached hydrogen (secondary N) is 2. The lowest BCUT2D eigenvalue weighted by Crippen LogP contribution is -2.10. The van der Waals surface area contributed by atoms with Gasteiger partial charge in [0.1, 0.15) is 0 Å². The number of hydrogen-bond acceptors (Lipinski definition) is 6. The van der Waals surface area contributed by atoms with Crippen LogP contribution in [0.2, 0.25) is 0 Å². The number of aromatic nitrogens is 2. The van der Waals surface area contributed by atoms with Gasteiger partial charge in [-0.2, -0.15) is 5.10 Å². The number of aryl methyl sites for hydroxylation is 1. The molecule has 0 atom stereocenters. The van der Waals surface area contributed by atoms with Crippen molar-refractivity contribution in [2.24, 2.45) is 11.0 Å². The van der Waals surface area contributed by atoms with E-state index in [1.54, 1.807) is 20.2 Å². The summed E-state index contributed by atoms with van der Waals surface area (Å²) in [7, 11) is 1.60. The molecule has 0 amide bonds. The number of methoxy groups -OCH3 is 1. The van der Waals surface area contributed by atoms with Crippen LogP contribution in [-0.2, 0) is 0 Å². The van der Waals surface area contributed by atoms with Gasteiger partial charge in [0.2, 0.25) is 5.95 Å². The molecule has 2 rings (SSSR count). The summed E-state index contributed by atoms with van der Waals surface area (Å²) in [6.45, 7) is 6.70. The van der Waals surface area contributed by atoms with Gasteiger partial charge in [0.05, 0.1) is 19.9 Å². The molecule has 1 aromatic carbocycles. The fraction of sp³-hybridized carbons (Fsp3) is 0.389. The van der Waals surface area contributed by atoms with E-state index in [9.17, 15) is 4.79 Å². The summed E-state index contributed by atoms with van der Waals surface area (Å²) in [5.41, 5.74) is 3.92. The number of H-pyrrole nitrogens is 1. The Hall–Kier alpha value is -2.83. The van der Waals surface area contributed by atoms with Gasteiger partial charge in [-0.05, 0) is 43.0 Å². The Kier molecular flexibility index (Phi) is 6.56. The van der Waals surface area contributed by atoms with Gasteiger partial charge < -0.3 is 9.47 Å². The summed E-state index contributed by atoms with van der Waals surface area (Å²) in [5, 5.41) is 4.08. The maximum Gasteiger partial charge on any atom is 0.252 e. The van der Waals surface area contributed by atoms with E-state index >= 15 is 0 Å². The molecular weight excluding hydrogens is 320 g/mol. The van der Waals surface area contributed by atoms with Crippen molar-refractivity contribution < 1.29 is 9.47 Å². The van der Waals surface area contributed by atoms with Gasteiger partial charge in [-0.25, -0.2) is 10.4 Å². The third kappa shape index (κ3) is 5.95. The lowest BCUT2D eigenvalue weighted by Gasteiger charge is -2.12. The monoisotopic (exact) mass is 344 g/mol. The summed E-state index contributed by atoms with van der Waals surface area (Å²) >= 11 is 0. The standard InChI is InChI=1S/C18H24N4O3/c1-12(2)7-8-25-15-6-5-14(10-16(15)24-4)11-19-22-18-20-13(3)9-17(23)21-18/h5-6,9-12H,7-8H2,1-4H3,(H2,20,21,22,23)/b19-11-. The summed E-state index contributed by atoms with van der Waals surface area (Å²) in [6.07, 6.45) is 2.60. The highest BCUT2D eigenvalue weighted by Gasteiger charge is 2.05. The fourth-order valence-electron chi connectivity index (χ4n) is 2.09. The van der Waals surface area contributed by atoms with Crippen molar-refractivity contribution in [2.75, 3.05) is 19.1 Å². The maximum absolute atomic E-state index is 11.4. The zero-order valence-corrected chi connectivity index (χ0v) is 15.0. The first kappa shape index (κ1) is 18.5. The molecule has 0 saturated heterocycles. The lowest BCUT2D eigenvalue weighted by atomic mass is 10.1. The van der Waals surface area contributed by atoms with Crippen molar-refractivity contribution in [3.8, 4) is 11.5 Å². The quantitative estimate of drug-likeness (QED) is 0.568. The van der Waals surface area contributed by atoms with Crippen molar-refractivity contribution in [1.82, 2.24) is 9.97 Å². The molecule has 0 aliphatic heterocycles. The van der Waals surface area contributed by atoms with E-state index in [0.717, 1.165) is 12.0 Å². The molecule has 2 N–H and O–H groups in total. The highest BCUT2D eigenvalue weighted by molar-refractivity contribution is 5.81. The molecule has 1 aromatic heterocycles. The Morgan fingerprint density at radius 2 is 2.12 bits per heavy atom. The zero-order chi connectivity index (χ0) is 18.2. The molecule has 0 aliphatic carbocycles. The molecule has 2 aromatic rings. The highest BCUT2D eigenvalue weighted by atomic mass is 16.5. The number of hydrazone groups is 1. The Balaban J connectivity index is 2.03. The Bertz CT molecular complexity index is 784. The van der Waals surface area contributed by atoms with Crippen molar-refractivity contribution >= 4 is 12.2 Å². The van der Waals surface area contributed by atoms with Gasteiger partial charge in [-0.1, -0.05) is 13.8 Å². The van der Waals surface area contributed by atoms with Gasteiger partial charge in [-0.15, -0.1) is 0 Å². The van der Waals surface area contributed by atoms with Crippen LogP contribution in [0.4, 0.5) is 5.95 Å². The van der Waals surface area contributed by atoms with Gasteiger partial charge in [0.15, 0.2) is 11.5 Å². The molecule has 1 heterocycles. The van der Waals surface area contributed by atoms with Crippen LogP contribution < -0.4 is 20.5 Å². The summed E-state index contributed by atoms with van der Waals surface area (Å²) < 4.78 is 11.1. The largest absolute Gasteiger partial charge is 0.493 e. The summed E-state index contributed by atoms with van der Waals surface area (Å²) in [6, 6.07) is 6.98. The minimum atomic E-state index is -0.227. The highest BCUT2D eigenvalue weighted by Crippen LogP contribution is 2.27. The lowest BCUT2D eigenvalue weighted by molar-refractivity contribution is 0.273. The number of nitrogens with zero attached hydrogens (tertiary/aromatic N) is 2. The average Bonchev–Trinajstić information content (AvgIpc) is 2.54. The number of ether oxygens (including phenoxy) is 2. The molecule has 134 valence electrons. The van der Waals surface area contributed by atoms with Gasteiger partial charge in [0, 0.05) is 11.8 Å². The number of hydrogen-bond donors (Lipinski definition) is 2. The molecule has 7 heteroatoms. The SMILES string of the molecule is COc1cc(/C=N\Nc2nc(C)cc(=O)[nH]2)ccc1OCCC(C)C. The predicted octanol–water partition coefficient (Wildman–Crippen LogP) is 2.96. The molecular formula is C18H24N4O3. The zero-order valence-electron chi connectivity index (χ0n) is 15.0. The molecule has 0 aliphatic rings. The van der Waals surface area contributed by atoms with Gasteiger partial charge >= 0.3 is 0 Å². The van der Waals surface area contributed by atoms with Crippen molar-refractivity contribution in [1.29, 1.82) is 0 Å². The normalized spacial score (nSPS) is 11.1. The van der Waals surface area contributed by atoms with Crippen LogP contribution in [0.1, 0.15) is 31.5 Å². The van der Waals surface area contributed by atoms with Crippen LogP contribution in [-0.4, -0.2) is 29.9 Å². The van der Waals surface area contributed by atoms with Crippen molar-refractivity contribution in [3.05, 3.63) is 45.9 Å². The number of anilines is 1. The van der Waals surface area contributed by atoms with Gasteiger partial charge in [-0.3, -0.25) is 9.78 Å². The van der Waals surface area contributed by atoms with E-state index in [2.05, 4.69) is 34.3 Å². The average molecular weight is 344 g/mol. The summed E-state index contributed by atoms with van der Waals surface area (Å²) in [5.74, 6) is 2.24. The molecule has 25 heavy (non-hydrogen) atoms. The number of aromatic amines is 1. The molecule has 0 unspecified atom stereocenters. The Labute approximate surface area is 147 Å². The first-order valence-corrected chi connectivity index (χ1v) is 8.16. The molecule has 0 saturated carbocycles. The van der Waals surface area contributed by atoms with Crippen LogP contribution in [0.3, 0.4) is 0 Å². The molecule has 7 nitrogen and oxygen atoms in total. The van der Waals surface area contributed by atoms with E-state index in [0.29, 0.717) is 35.7 Å². The van der Waals surface area contributed by atoms with E-state index in [1.807, 2.05) is 18.2 Å². The predicted molar refractivity (Wildman–Crippen MR) is 98.8 cm³/mol. The second-order valence-corrected chi connectivity index (χ2v) is 6.05. The molecule has 0 radical (unpaired) electrons. The third-order valence-electron chi connectivity index (χ3n) is 3.39. The third-order valence-corrected chi connectivity index (χ3v) is 3.39. The van der Waals surface area contributed by atoms with Crippen LogP contribution in [0.15, 0.2) is 34.2 Å². The minimum Gasteiger partial charge on any atom is -0.493 e. The van der Waals surface area contributed by atoms with Crippen LogP contribution in [0.5, 0.6) is 11.5 Å². The molecule has 0 fully saturated rings. The maximum atomic E-state index is 11.4. The molecule has 0 bridgehead atoms. The summed E-state index contributed by atoms with van der Waals surface area (Å²) in [4.78, 5) is 18.1. The van der Waals surface area contributed by atoms with Crippen molar-refractivity contribution in [3.63, 3.8) is 0 Å². The van der Waals surface area contributed by atoms with E-state index in [-0.39, 0.29) is 5.56 Å². The van der Waals surface area contributed by atoms with Crippen molar-refractivity contribution in [2.45, 2.75) is 27.2 Å². The Morgan fingerprint density at radius 3 is 2.80 bits per heavy atom.